The van der Waals surface area contributed by atoms with E-state index in [2.05, 4.69) is 10.2 Å². The molecule has 0 unspecified atom stereocenters. The number of nitrogens with one attached hydrogen (secondary N) is 1. The number of carbonyl (C=O) groups is 1. The van der Waals surface area contributed by atoms with E-state index in [4.69, 9.17) is 27.9 Å². The van der Waals surface area contributed by atoms with Gasteiger partial charge in [-0.15, -0.1) is 0 Å². The third-order valence-corrected chi connectivity index (χ3v) is 5.05. The summed E-state index contributed by atoms with van der Waals surface area (Å²) < 4.78 is 5.31. The van der Waals surface area contributed by atoms with Gasteiger partial charge < -0.3 is 19.9 Å². The first kappa shape index (κ1) is 18.7. The third kappa shape index (κ3) is 4.17. The van der Waals surface area contributed by atoms with Crippen LogP contribution < -0.4 is 15.0 Å². The standard InChI is InChI=1S/C19H21Cl2N3O2/c1-26-17-8-3-2-5-14(17)13-22-19(25)24-11-9-23(10-12-24)18-15(20)6-4-7-16(18)21/h2-8H,9-13H2,1H3,(H,22,25). The predicted octanol–water partition coefficient (Wildman–Crippen LogP) is 4.03. The van der Waals surface area contributed by atoms with Crippen molar-refractivity contribution >= 4 is 34.9 Å². The zero-order valence-electron chi connectivity index (χ0n) is 14.5. The number of halogens is 2. The number of hydrogen-bond donors (Lipinski definition) is 1. The second kappa shape index (κ2) is 8.52. The topological polar surface area (TPSA) is 44.8 Å². The van der Waals surface area contributed by atoms with Gasteiger partial charge in [0.2, 0.25) is 0 Å². The van der Waals surface area contributed by atoms with Crippen molar-refractivity contribution in [3.63, 3.8) is 0 Å². The van der Waals surface area contributed by atoms with Gasteiger partial charge in [-0.2, -0.15) is 0 Å². The van der Waals surface area contributed by atoms with E-state index in [9.17, 15) is 4.79 Å². The summed E-state index contributed by atoms with van der Waals surface area (Å²) in [7, 11) is 1.62. The quantitative estimate of drug-likeness (QED) is 0.852. The monoisotopic (exact) mass is 393 g/mol. The Kier molecular flexibility index (Phi) is 6.12. The number of anilines is 1. The second-order valence-electron chi connectivity index (χ2n) is 6.01. The van der Waals surface area contributed by atoms with Crippen molar-refractivity contribution in [2.75, 3.05) is 38.2 Å². The molecule has 1 saturated heterocycles. The minimum absolute atomic E-state index is 0.0826. The average Bonchev–Trinajstić information content (AvgIpc) is 2.66. The van der Waals surface area contributed by atoms with Gasteiger partial charge in [0, 0.05) is 38.3 Å². The molecule has 1 aliphatic rings. The number of nitrogens with zero attached hydrogens (tertiary/aromatic N) is 2. The second-order valence-corrected chi connectivity index (χ2v) is 6.83. The highest BCUT2D eigenvalue weighted by Crippen LogP contribution is 2.34. The molecule has 0 saturated carbocycles. The molecule has 1 aliphatic heterocycles. The van der Waals surface area contributed by atoms with Crippen LogP contribution in [-0.4, -0.2) is 44.2 Å². The van der Waals surface area contributed by atoms with Crippen molar-refractivity contribution in [3.8, 4) is 5.75 Å². The highest BCUT2D eigenvalue weighted by molar-refractivity contribution is 6.39. The fraction of sp³-hybridized carbons (Fsp3) is 0.316. The van der Waals surface area contributed by atoms with Crippen LogP contribution in [0, 0.1) is 0 Å². The molecule has 0 bridgehead atoms. The number of benzene rings is 2. The van der Waals surface area contributed by atoms with Gasteiger partial charge in [0.15, 0.2) is 0 Å². The molecule has 0 aromatic heterocycles. The van der Waals surface area contributed by atoms with Gasteiger partial charge in [-0.3, -0.25) is 0 Å². The SMILES string of the molecule is COc1ccccc1CNC(=O)N1CCN(c2c(Cl)cccc2Cl)CC1. The van der Waals surface area contributed by atoms with Crippen LogP contribution in [0.25, 0.3) is 0 Å². The molecule has 138 valence electrons. The van der Waals surface area contributed by atoms with Crippen LogP contribution in [0.2, 0.25) is 10.0 Å². The Bertz CT molecular complexity index is 757. The van der Waals surface area contributed by atoms with Crippen LogP contribution >= 0.6 is 23.2 Å². The Morgan fingerprint density at radius 1 is 1.04 bits per heavy atom. The maximum absolute atomic E-state index is 12.5. The molecule has 2 aromatic carbocycles. The Morgan fingerprint density at radius 3 is 2.35 bits per heavy atom. The number of urea groups is 1. The summed E-state index contributed by atoms with van der Waals surface area (Å²) in [6, 6.07) is 13.1. The average molecular weight is 394 g/mol. The Labute approximate surface area is 163 Å². The van der Waals surface area contributed by atoms with Crippen molar-refractivity contribution < 1.29 is 9.53 Å². The fourth-order valence-electron chi connectivity index (χ4n) is 3.06. The number of amides is 2. The van der Waals surface area contributed by atoms with Gasteiger partial charge in [0.1, 0.15) is 5.75 Å². The lowest BCUT2D eigenvalue weighted by Gasteiger charge is -2.36. The normalized spacial score (nSPS) is 14.3. The van der Waals surface area contributed by atoms with Gasteiger partial charge in [-0.1, -0.05) is 47.5 Å². The Hall–Kier alpha value is -2.11. The van der Waals surface area contributed by atoms with Crippen molar-refractivity contribution in [2.45, 2.75) is 6.54 Å². The van der Waals surface area contributed by atoms with E-state index >= 15 is 0 Å². The molecule has 0 radical (unpaired) electrons. The summed E-state index contributed by atoms with van der Waals surface area (Å²) in [5.74, 6) is 0.769. The van der Waals surface area contributed by atoms with Gasteiger partial charge in [-0.25, -0.2) is 4.79 Å². The molecule has 2 aromatic rings. The first-order valence-electron chi connectivity index (χ1n) is 8.44. The summed E-state index contributed by atoms with van der Waals surface area (Å²) in [6.07, 6.45) is 0. The number of methoxy groups -OCH3 is 1. The van der Waals surface area contributed by atoms with Crippen molar-refractivity contribution in [2.24, 2.45) is 0 Å². The van der Waals surface area contributed by atoms with E-state index in [0.29, 0.717) is 42.8 Å². The molecule has 0 atom stereocenters. The van der Waals surface area contributed by atoms with Crippen LogP contribution in [0.5, 0.6) is 5.75 Å². The highest BCUT2D eigenvalue weighted by Gasteiger charge is 2.23. The third-order valence-electron chi connectivity index (χ3n) is 4.44. The predicted molar refractivity (Wildman–Crippen MR) is 105 cm³/mol. The smallest absolute Gasteiger partial charge is 0.317 e. The van der Waals surface area contributed by atoms with E-state index in [0.717, 1.165) is 17.0 Å². The maximum atomic E-state index is 12.5. The molecule has 5 nitrogen and oxygen atoms in total. The minimum Gasteiger partial charge on any atom is -0.496 e. The van der Waals surface area contributed by atoms with E-state index in [1.807, 2.05) is 42.5 Å². The minimum atomic E-state index is -0.0826. The summed E-state index contributed by atoms with van der Waals surface area (Å²) in [6.45, 7) is 3.02. The number of para-hydroxylation sites is 2. The van der Waals surface area contributed by atoms with E-state index in [-0.39, 0.29) is 6.03 Å². The number of piperazine rings is 1. The first-order valence-corrected chi connectivity index (χ1v) is 9.19. The first-order chi connectivity index (χ1) is 12.6. The molecule has 0 aliphatic carbocycles. The summed E-state index contributed by atoms with van der Waals surface area (Å²) >= 11 is 12.6. The largest absolute Gasteiger partial charge is 0.496 e. The van der Waals surface area contributed by atoms with Crippen molar-refractivity contribution in [1.29, 1.82) is 0 Å². The molecular formula is C19H21Cl2N3O2. The van der Waals surface area contributed by atoms with Crippen LogP contribution in [-0.2, 0) is 6.54 Å². The molecule has 1 N–H and O–H groups in total. The van der Waals surface area contributed by atoms with Crippen LogP contribution in [0.1, 0.15) is 5.56 Å². The lowest BCUT2D eigenvalue weighted by molar-refractivity contribution is 0.194. The van der Waals surface area contributed by atoms with Crippen molar-refractivity contribution in [3.05, 3.63) is 58.1 Å². The van der Waals surface area contributed by atoms with Gasteiger partial charge in [0.25, 0.3) is 0 Å². The van der Waals surface area contributed by atoms with E-state index in [1.54, 1.807) is 12.0 Å². The Morgan fingerprint density at radius 2 is 1.69 bits per heavy atom. The molecule has 1 heterocycles. The van der Waals surface area contributed by atoms with E-state index in [1.165, 1.54) is 0 Å². The van der Waals surface area contributed by atoms with Gasteiger partial charge >= 0.3 is 6.03 Å². The number of hydrogen-bond acceptors (Lipinski definition) is 3. The molecule has 26 heavy (non-hydrogen) atoms. The molecule has 1 fully saturated rings. The zero-order valence-corrected chi connectivity index (χ0v) is 16.1. The van der Waals surface area contributed by atoms with Crippen LogP contribution in [0.4, 0.5) is 10.5 Å². The maximum Gasteiger partial charge on any atom is 0.317 e. The zero-order chi connectivity index (χ0) is 18.5. The molecular weight excluding hydrogens is 373 g/mol. The number of carbonyl (C=O) groups excluding carboxylic acids is 1. The Balaban J connectivity index is 1.55. The summed E-state index contributed by atoms with van der Waals surface area (Å²) in [5.41, 5.74) is 1.79. The lowest BCUT2D eigenvalue weighted by atomic mass is 10.2. The molecule has 0 spiro atoms. The molecule has 2 amide bonds. The van der Waals surface area contributed by atoms with Gasteiger partial charge in [0.05, 0.1) is 22.8 Å². The highest BCUT2D eigenvalue weighted by atomic mass is 35.5. The number of rotatable bonds is 4. The van der Waals surface area contributed by atoms with Crippen LogP contribution in [0.15, 0.2) is 42.5 Å². The molecule has 7 heteroatoms. The number of ether oxygens (including phenoxy) is 1. The summed E-state index contributed by atoms with van der Waals surface area (Å²) in [4.78, 5) is 16.4. The molecule has 3 rings (SSSR count). The lowest BCUT2D eigenvalue weighted by Crippen LogP contribution is -2.51. The fourth-order valence-corrected chi connectivity index (χ4v) is 3.69. The van der Waals surface area contributed by atoms with E-state index < -0.39 is 0 Å². The summed E-state index contributed by atoms with van der Waals surface area (Å²) in [5, 5.41) is 4.22. The van der Waals surface area contributed by atoms with Gasteiger partial charge in [-0.05, 0) is 18.2 Å². The van der Waals surface area contributed by atoms with Crippen molar-refractivity contribution in [1.82, 2.24) is 10.2 Å². The van der Waals surface area contributed by atoms with Crippen LogP contribution in [0.3, 0.4) is 0 Å².